The van der Waals surface area contributed by atoms with Gasteiger partial charge in [0, 0.05) is 34.9 Å². The quantitative estimate of drug-likeness (QED) is 0.671. The molecule has 0 bridgehead atoms. The van der Waals surface area contributed by atoms with Crippen LogP contribution >= 0.6 is 0 Å². The predicted octanol–water partition coefficient (Wildman–Crippen LogP) is 1.62. The van der Waals surface area contributed by atoms with Gasteiger partial charge in [0.25, 0.3) is 5.56 Å². The molecule has 1 unspecified atom stereocenters. The van der Waals surface area contributed by atoms with Gasteiger partial charge < -0.3 is 5.10 Å². The number of carbonyl (C=O) groups is 1. The third-order valence-corrected chi connectivity index (χ3v) is 6.85. The van der Waals surface area contributed by atoms with E-state index in [4.69, 9.17) is 0 Å². The molecule has 23 heavy (non-hydrogen) atoms. The van der Waals surface area contributed by atoms with Crippen LogP contribution in [0, 0.1) is 6.92 Å². The Bertz CT molecular complexity index is 991. The lowest BCUT2D eigenvalue weighted by Crippen LogP contribution is -2.22. The lowest BCUT2D eigenvalue weighted by Gasteiger charge is -2.21. The maximum atomic E-state index is 12.8. The average Bonchev–Trinajstić information content (AvgIpc) is 2.85. The number of nitrogens with zero attached hydrogens (tertiary/aromatic N) is 1. The highest BCUT2D eigenvalue weighted by molar-refractivity contribution is 8.00. The van der Waals surface area contributed by atoms with E-state index in [9.17, 15) is 13.8 Å². The standard InChI is InChI=1S/C17H20N2O3S/c1-10-11(15(20)12-8-18-19(4)16(12)21)6-7-13-14(10)17(2,3)9-23(13,5)22/h6-8,18H,5,9H2,1-4H3. The van der Waals surface area contributed by atoms with Crippen LogP contribution in [0.3, 0.4) is 0 Å². The number of nitrogens with one attached hydrogen (secondary N) is 1. The Morgan fingerprint density at radius 2 is 2.00 bits per heavy atom. The van der Waals surface area contributed by atoms with E-state index in [-0.39, 0.29) is 22.3 Å². The zero-order valence-electron chi connectivity index (χ0n) is 13.7. The van der Waals surface area contributed by atoms with Gasteiger partial charge in [-0.15, -0.1) is 0 Å². The molecule has 2 heterocycles. The van der Waals surface area contributed by atoms with Crippen LogP contribution in [0.25, 0.3) is 0 Å². The molecule has 1 aliphatic heterocycles. The number of hydrogen-bond acceptors (Lipinski definition) is 3. The fourth-order valence-electron chi connectivity index (χ4n) is 3.59. The molecule has 6 heteroatoms. The van der Waals surface area contributed by atoms with E-state index < -0.39 is 9.52 Å². The van der Waals surface area contributed by atoms with Crippen molar-refractivity contribution in [3.8, 4) is 0 Å². The summed E-state index contributed by atoms with van der Waals surface area (Å²) >= 11 is 0. The van der Waals surface area contributed by atoms with Crippen LogP contribution in [0.4, 0.5) is 0 Å². The summed E-state index contributed by atoms with van der Waals surface area (Å²) in [4.78, 5) is 25.5. The molecular weight excluding hydrogens is 312 g/mol. The molecule has 122 valence electrons. The Morgan fingerprint density at radius 1 is 1.35 bits per heavy atom. The minimum absolute atomic E-state index is 0.113. The van der Waals surface area contributed by atoms with Gasteiger partial charge in [-0.1, -0.05) is 13.8 Å². The summed E-state index contributed by atoms with van der Waals surface area (Å²) < 4.78 is 14.0. The first-order valence-electron chi connectivity index (χ1n) is 7.34. The number of benzene rings is 1. The Morgan fingerprint density at radius 3 is 2.57 bits per heavy atom. The van der Waals surface area contributed by atoms with Gasteiger partial charge in [-0.3, -0.25) is 18.5 Å². The number of aromatic amines is 1. The van der Waals surface area contributed by atoms with Crippen LogP contribution in [-0.2, 0) is 22.0 Å². The van der Waals surface area contributed by atoms with Crippen LogP contribution < -0.4 is 5.56 Å². The van der Waals surface area contributed by atoms with Crippen molar-refractivity contribution in [3.63, 3.8) is 0 Å². The molecule has 0 saturated carbocycles. The molecule has 1 N–H and O–H groups in total. The third-order valence-electron chi connectivity index (χ3n) is 4.53. The summed E-state index contributed by atoms with van der Waals surface area (Å²) in [5.74, 6) is 4.04. The molecule has 1 aliphatic rings. The number of aromatic nitrogens is 2. The van der Waals surface area contributed by atoms with Crippen molar-refractivity contribution in [2.75, 3.05) is 5.75 Å². The SMILES string of the molecule is C=S1(=O)CC(C)(C)c2c1ccc(C(=O)c1c[nH]n(C)c1=O)c2C. The predicted molar refractivity (Wildman–Crippen MR) is 92.1 cm³/mol. The van der Waals surface area contributed by atoms with Crippen LogP contribution in [0.1, 0.15) is 40.9 Å². The molecule has 1 aromatic heterocycles. The fourth-order valence-corrected chi connectivity index (χ4v) is 6.17. The van der Waals surface area contributed by atoms with Gasteiger partial charge in [-0.25, -0.2) is 0 Å². The summed E-state index contributed by atoms with van der Waals surface area (Å²) in [5, 5.41) is 2.72. The summed E-state index contributed by atoms with van der Waals surface area (Å²) in [6.07, 6.45) is 1.42. The van der Waals surface area contributed by atoms with Gasteiger partial charge in [0.1, 0.15) is 5.56 Å². The molecule has 1 atom stereocenters. The molecule has 0 fully saturated rings. The van der Waals surface area contributed by atoms with Gasteiger partial charge in [-0.05, 0) is 45.6 Å². The van der Waals surface area contributed by atoms with Gasteiger partial charge in [-0.2, -0.15) is 0 Å². The minimum atomic E-state index is -2.33. The van der Waals surface area contributed by atoms with Crippen molar-refractivity contribution in [2.45, 2.75) is 31.1 Å². The Balaban J connectivity index is 2.24. The lowest BCUT2D eigenvalue weighted by atomic mass is 9.82. The highest BCUT2D eigenvalue weighted by atomic mass is 32.2. The summed E-state index contributed by atoms with van der Waals surface area (Å²) in [6.45, 7) is 5.88. The monoisotopic (exact) mass is 332 g/mol. The third kappa shape index (κ3) is 2.20. The Labute approximate surface area is 135 Å². The zero-order chi connectivity index (χ0) is 17.2. The smallest absolute Gasteiger partial charge is 0.277 e. The maximum absolute atomic E-state index is 12.8. The molecule has 1 aromatic carbocycles. The van der Waals surface area contributed by atoms with Crippen LogP contribution in [-0.4, -0.2) is 31.4 Å². The number of carbonyl (C=O) groups excluding carboxylic acids is 1. The van der Waals surface area contributed by atoms with Crippen molar-refractivity contribution < 1.29 is 9.00 Å². The fraction of sp³-hybridized carbons (Fsp3) is 0.353. The first kappa shape index (κ1) is 15.8. The Hall–Kier alpha value is -2.08. The molecule has 2 aromatic rings. The molecule has 0 aliphatic carbocycles. The molecule has 0 radical (unpaired) electrons. The second kappa shape index (κ2) is 4.71. The van der Waals surface area contributed by atoms with Crippen LogP contribution in [0.2, 0.25) is 0 Å². The van der Waals surface area contributed by atoms with Gasteiger partial charge >= 0.3 is 0 Å². The van der Waals surface area contributed by atoms with Crippen molar-refractivity contribution in [3.05, 3.63) is 50.9 Å². The van der Waals surface area contributed by atoms with Crippen molar-refractivity contribution in [2.24, 2.45) is 7.05 Å². The van der Waals surface area contributed by atoms with Crippen LogP contribution in [0.5, 0.6) is 0 Å². The van der Waals surface area contributed by atoms with E-state index in [2.05, 4.69) is 11.0 Å². The summed E-state index contributed by atoms with van der Waals surface area (Å²) in [5.41, 5.74) is 1.64. The average molecular weight is 332 g/mol. The topological polar surface area (TPSA) is 71.9 Å². The number of ketones is 1. The Kier molecular flexibility index (Phi) is 3.23. The normalized spacial score (nSPS) is 22.1. The first-order valence-corrected chi connectivity index (χ1v) is 9.24. The molecule has 0 saturated heterocycles. The number of fused-ring (bicyclic) bond motifs is 1. The molecular formula is C17H20N2O3S. The number of aryl methyl sites for hydroxylation is 1. The van der Waals surface area contributed by atoms with E-state index >= 15 is 0 Å². The largest absolute Gasteiger partial charge is 0.302 e. The van der Waals surface area contributed by atoms with Crippen molar-refractivity contribution >= 4 is 21.2 Å². The lowest BCUT2D eigenvalue weighted by molar-refractivity contribution is 0.103. The zero-order valence-corrected chi connectivity index (χ0v) is 14.5. The van der Waals surface area contributed by atoms with E-state index in [1.165, 1.54) is 10.9 Å². The van der Waals surface area contributed by atoms with Crippen LogP contribution in [0.15, 0.2) is 28.0 Å². The first-order chi connectivity index (χ1) is 10.6. The highest BCUT2D eigenvalue weighted by Crippen LogP contribution is 2.42. The molecule has 5 nitrogen and oxygen atoms in total. The number of H-pyrrole nitrogens is 1. The van der Waals surface area contributed by atoms with Crippen molar-refractivity contribution in [1.82, 2.24) is 9.78 Å². The van der Waals surface area contributed by atoms with E-state index in [0.29, 0.717) is 11.3 Å². The molecule has 0 amide bonds. The van der Waals surface area contributed by atoms with Gasteiger partial charge in [0.05, 0.1) is 0 Å². The maximum Gasteiger partial charge on any atom is 0.277 e. The van der Waals surface area contributed by atoms with Gasteiger partial charge in [0.15, 0.2) is 5.78 Å². The number of hydrogen-bond donors (Lipinski definition) is 1. The highest BCUT2D eigenvalue weighted by Gasteiger charge is 2.39. The molecule has 0 spiro atoms. The summed E-state index contributed by atoms with van der Waals surface area (Å²) in [6, 6.07) is 3.39. The van der Waals surface area contributed by atoms with Gasteiger partial charge in [0.2, 0.25) is 0 Å². The van der Waals surface area contributed by atoms with E-state index in [1.54, 1.807) is 19.2 Å². The minimum Gasteiger partial charge on any atom is -0.302 e. The van der Waals surface area contributed by atoms with E-state index in [1.807, 2.05) is 20.8 Å². The number of rotatable bonds is 2. The summed E-state index contributed by atoms with van der Waals surface area (Å²) in [7, 11) is -0.765. The second-order valence-electron chi connectivity index (χ2n) is 6.83. The molecule has 3 rings (SSSR count). The second-order valence-corrected chi connectivity index (χ2v) is 9.18. The van der Waals surface area contributed by atoms with Crippen molar-refractivity contribution in [1.29, 1.82) is 0 Å². The van der Waals surface area contributed by atoms with E-state index in [0.717, 1.165) is 16.0 Å².